The van der Waals surface area contributed by atoms with E-state index >= 15 is 0 Å². The Hall–Kier alpha value is -3.46. The minimum Gasteiger partial charge on any atom is -0.456 e. The Balaban J connectivity index is 1.76. The monoisotopic (exact) mass is 364 g/mol. The van der Waals surface area contributed by atoms with E-state index in [0.29, 0.717) is 5.56 Å². The first-order valence-electron chi connectivity index (χ1n) is 8.58. The van der Waals surface area contributed by atoms with E-state index in [1.165, 1.54) is 0 Å². The molecular formula is C21H20N2O4. The third kappa shape index (κ3) is 6.75. The van der Waals surface area contributed by atoms with Gasteiger partial charge >= 0.3 is 5.97 Å². The number of nitrogens with zero attached hydrogens (tertiary/aromatic N) is 1. The molecule has 0 aliphatic carbocycles. The number of carbonyl (C=O) groups excluding carboxylic acids is 3. The zero-order valence-electron chi connectivity index (χ0n) is 14.8. The van der Waals surface area contributed by atoms with E-state index in [1.54, 1.807) is 12.1 Å². The van der Waals surface area contributed by atoms with Crippen molar-refractivity contribution in [3.63, 3.8) is 0 Å². The Morgan fingerprint density at radius 1 is 0.926 bits per heavy atom. The van der Waals surface area contributed by atoms with Gasteiger partial charge in [0.15, 0.2) is 12.4 Å². The lowest BCUT2D eigenvalue weighted by Crippen LogP contribution is -2.29. The molecule has 2 aromatic rings. The van der Waals surface area contributed by atoms with Crippen LogP contribution in [0, 0.1) is 11.3 Å². The molecule has 2 rings (SSSR count). The second-order valence-corrected chi connectivity index (χ2v) is 5.79. The summed E-state index contributed by atoms with van der Waals surface area (Å²) in [5, 5.41) is 10.8. The number of esters is 1. The number of carbonyl (C=O) groups is 3. The maximum Gasteiger partial charge on any atom is 0.306 e. The molecule has 0 aromatic heterocycles. The quantitative estimate of drug-likeness (QED) is 0.419. The van der Waals surface area contributed by atoms with Crippen LogP contribution in [-0.2, 0) is 14.3 Å². The van der Waals surface area contributed by atoms with Crippen molar-refractivity contribution in [2.75, 3.05) is 13.2 Å². The average Bonchev–Trinajstić information content (AvgIpc) is 2.71. The van der Waals surface area contributed by atoms with E-state index in [2.05, 4.69) is 5.32 Å². The zero-order chi connectivity index (χ0) is 19.5. The first-order valence-corrected chi connectivity index (χ1v) is 8.58. The van der Waals surface area contributed by atoms with Crippen molar-refractivity contribution in [3.8, 4) is 17.2 Å². The largest absolute Gasteiger partial charge is 0.456 e. The van der Waals surface area contributed by atoms with Crippen molar-refractivity contribution in [2.45, 2.75) is 19.3 Å². The van der Waals surface area contributed by atoms with Gasteiger partial charge in [-0.25, -0.2) is 0 Å². The molecular weight excluding hydrogens is 344 g/mol. The molecule has 1 amide bonds. The van der Waals surface area contributed by atoms with Crippen LogP contribution in [0.2, 0.25) is 0 Å². The van der Waals surface area contributed by atoms with Gasteiger partial charge in [-0.15, -0.1) is 0 Å². The first kappa shape index (κ1) is 19.9. The molecule has 0 atom stereocenters. The molecule has 1 N–H and O–H groups in total. The Morgan fingerprint density at radius 2 is 1.59 bits per heavy atom. The van der Waals surface area contributed by atoms with Crippen LogP contribution in [0.15, 0.2) is 54.6 Å². The van der Waals surface area contributed by atoms with Crippen molar-refractivity contribution in [1.29, 1.82) is 5.26 Å². The molecule has 0 bridgehead atoms. The molecule has 0 fully saturated rings. The minimum absolute atomic E-state index is 0.0135. The standard InChI is InChI=1S/C21H20N2O4/c22-13-4-14-23-20(25)15-27-21(26)12-11-19(24)18-9-7-17(8-10-18)16-5-2-1-3-6-16/h1-3,5-10H,4,11-12,14-15H2,(H,23,25). The van der Waals surface area contributed by atoms with Crippen molar-refractivity contribution in [3.05, 3.63) is 60.2 Å². The molecule has 138 valence electrons. The number of nitriles is 1. The van der Waals surface area contributed by atoms with E-state index in [1.807, 2.05) is 48.5 Å². The van der Waals surface area contributed by atoms with E-state index in [9.17, 15) is 14.4 Å². The van der Waals surface area contributed by atoms with Crippen LogP contribution in [0.1, 0.15) is 29.6 Å². The smallest absolute Gasteiger partial charge is 0.306 e. The van der Waals surface area contributed by atoms with Gasteiger partial charge in [0, 0.05) is 18.5 Å². The van der Waals surface area contributed by atoms with Crippen LogP contribution < -0.4 is 5.32 Å². The summed E-state index contributed by atoms with van der Waals surface area (Å²) in [6.07, 6.45) is 0.113. The summed E-state index contributed by atoms with van der Waals surface area (Å²) in [5.74, 6) is -1.24. The van der Waals surface area contributed by atoms with Crippen LogP contribution >= 0.6 is 0 Å². The third-order valence-electron chi connectivity index (χ3n) is 3.79. The number of Topliss-reactive ketones (excluding diaryl/α,β-unsaturated/α-hetero) is 1. The Bertz CT molecular complexity index is 824. The number of ether oxygens (including phenoxy) is 1. The van der Waals surface area contributed by atoms with Gasteiger partial charge in [0.25, 0.3) is 5.91 Å². The number of hydrogen-bond donors (Lipinski definition) is 1. The fourth-order valence-electron chi connectivity index (χ4n) is 2.37. The summed E-state index contributed by atoms with van der Waals surface area (Å²) in [4.78, 5) is 35.2. The Labute approximate surface area is 157 Å². The molecule has 0 saturated carbocycles. The van der Waals surface area contributed by atoms with E-state index in [0.717, 1.165) is 11.1 Å². The highest BCUT2D eigenvalue weighted by Crippen LogP contribution is 2.19. The molecule has 0 heterocycles. The fourth-order valence-corrected chi connectivity index (χ4v) is 2.37. The number of nitrogens with one attached hydrogen (secondary N) is 1. The van der Waals surface area contributed by atoms with Gasteiger partial charge in [0.2, 0.25) is 0 Å². The SMILES string of the molecule is N#CCCNC(=O)COC(=O)CCC(=O)c1ccc(-c2ccccc2)cc1. The summed E-state index contributed by atoms with van der Waals surface area (Å²) in [6.45, 7) is -0.200. The molecule has 0 spiro atoms. The molecule has 0 radical (unpaired) electrons. The summed E-state index contributed by atoms with van der Waals surface area (Å²) in [6, 6.07) is 18.9. The Morgan fingerprint density at radius 3 is 2.26 bits per heavy atom. The van der Waals surface area contributed by atoms with Gasteiger partial charge in [0.1, 0.15) is 0 Å². The maximum absolute atomic E-state index is 12.2. The van der Waals surface area contributed by atoms with E-state index in [-0.39, 0.29) is 31.6 Å². The Kier molecular flexibility index (Phi) is 7.73. The van der Waals surface area contributed by atoms with Crippen LogP contribution in [0.5, 0.6) is 0 Å². The topological polar surface area (TPSA) is 96.3 Å². The van der Waals surface area contributed by atoms with Crippen LogP contribution in [0.3, 0.4) is 0 Å². The third-order valence-corrected chi connectivity index (χ3v) is 3.79. The molecule has 27 heavy (non-hydrogen) atoms. The lowest BCUT2D eigenvalue weighted by Gasteiger charge is -2.06. The van der Waals surface area contributed by atoms with Gasteiger partial charge < -0.3 is 10.1 Å². The second-order valence-electron chi connectivity index (χ2n) is 5.79. The number of benzene rings is 2. The highest BCUT2D eigenvalue weighted by Gasteiger charge is 2.12. The molecule has 6 nitrogen and oxygen atoms in total. The fraction of sp³-hybridized carbons (Fsp3) is 0.238. The number of ketones is 1. The number of hydrogen-bond acceptors (Lipinski definition) is 5. The van der Waals surface area contributed by atoms with Gasteiger partial charge in [-0.3, -0.25) is 14.4 Å². The first-order chi connectivity index (χ1) is 13.1. The van der Waals surface area contributed by atoms with Gasteiger partial charge in [-0.1, -0.05) is 54.6 Å². The van der Waals surface area contributed by atoms with Crippen LogP contribution in [-0.4, -0.2) is 30.8 Å². The van der Waals surface area contributed by atoms with E-state index in [4.69, 9.17) is 10.00 Å². The van der Waals surface area contributed by atoms with Crippen molar-refractivity contribution < 1.29 is 19.1 Å². The van der Waals surface area contributed by atoms with Crippen molar-refractivity contribution in [1.82, 2.24) is 5.32 Å². The summed E-state index contributed by atoms with van der Waals surface area (Å²) >= 11 is 0. The second kappa shape index (κ2) is 10.5. The molecule has 0 aliphatic heterocycles. The average molecular weight is 364 g/mol. The predicted octanol–water partition coefficient (Wildman–Crippen LogP) is 2.89. The zero-order valence-corrected chi connectivity index (χ0v) is 14.8. The molecule has 2 aromatic carbocycles. The van der Waals surface area contributed by atoms with Gasteiger partial charge in [0.05, 0.1) is 18.9 Å². The highest BCUT2D eigenvalue weighted by atomic mass is 16.5. The van der Waals surface area contributed by atoms with E-state index < -0.39 is 18.5 Å². The highest BCUT2D eigenvalue weighted by molar-refractivity contribution is 5.98. The summed E-state index contributed by atoms with van der Waals surface area (Å²) in [7, 11) is 0. The predicted molar refractivity (Wildman–Crippen MR) is 99.6 cm³/mol. The molecule has 6 heteroatoms. The number of rotatable bonds is 9. The van der Waals surface area contributed by atoms with Gasteiger partial charge in [-0.05, 0) is 11.1 Å². The minimum atomic E-state index is -0.611. The van der Waals surface area contributed by atoms with Crippen LogP contribution in [0.4, 0.5) is 0 Å². The molecule has 0 aliphatic rings. The van der Waals surface area contributed by atoms with Crippen LogP contribution in [0.25, 0.3) is 11.1 Å². The summed E-state index contributed by atoms with van der Waals surface area (Å²) in [5.41, 5.74) is 2.60. The maximum atomic E-state index is 12.2. The van der Waals surface area contributed by atoms with Crippen molar-refractivity contribution >= 4 is 17.7 Å². The molecule has 0 saturated heterocycles. The van der Waals surface area contributed by atoms with Crippen molar-refractivity contribution in [2.24, 2.45) is 0 Å². The lowest BCUT2D eigenvalue weighted by molar-refractivity contribution is -0.148. The lowest BCUT2D eigenvalue weighted by atomic mass is 10.0. The summed E-state index contributed by atoms with van der Waals surface area (Å²) < 4.78 is 4.81. The molecule has 0 unspecified atom stereocenters. The normalized spacial score (nSPS) is 9.89. The van der Waals surface area contributed by atoms with Gasteiger partial charge in [-0.2, -0.15) is 5.26 Å². The number of amides is 1.